The summed E-state index contributed by atoms with van der Waals surface area (Å²) in [7, 11) is 0. The smallest absolute Gasteiger partial charge is 0.227 e. The molecule has 1 aliphatic rings. The van der Waals surface area contributed by atoms with E-state index < -0.39 is 0 Å². The zero-order valence-corrected chi connectivity index (χ0v) is 9.54. The Morgan fingerprint density at radius 2 is 2.27 bits per heavy atom. The summed E-state index contributed by atoms with van der Waals surface area (Å²) in [5.41, 5.74) is 1.08. The van der Waals surface area contributed by atoms with Crippen LogP contribution in [0.4, 0.5) is 5.69 Å². The molecule has 2 rings (SSSR count). The largest absolute Gasteiger partial charge is 0.325 e. The van der Waals surface area contributed by atoms with E-state index in [4.69, 9.17) is 5.26 Å². The first-order valence-corrected chi connectivity index (χ1v) is 5.50. The molecule has 1 N–H and O–H groups in total. The molecule has 0 radical (unpaired) electrons. The van der Waals surface area contributed by atoms with Gasteiger partial charge in [0.2, 0.25) is 5.91 Å². The zero-order valence-electron chi connectivity index (χ0n) is 7.96. The van der Waals surface area contributed by atoms with Crippen LogP contribution in [0.25, 0.3) is 0 Å². The number of carbonyl (C=O) groups excluding carboxylic acids is 1. The second kappa shape index (κ2) is 4.03. The molecule has 0 spiro atoms. The third-order valence-electron chi connectivity index (χ3n) is 2.31. The fourth-order valence-electron chi connectivity index (χ4n) is 1.30. The van der Waals surface area contributed by atoms with Crippen molar-refractivity contribution in [2.45, 2.75) is 12.8 Å². The summed E-state index contributed by atoms with van der Waals surface area (Å²) < 4.78 is 0.854. The molecule has 1 amide bonds. The molecule has 15 heavy (non-hydrogen) atoms. The Bertz CT molecular complexity index is 446. The van der Waals surface area contributed by atoms with Crippen molar-refractivity contribution in [1.29, 1.82) is 5.26 Å². The molecule has 0 aromatic heterocycles. The van der Waals surface area contributed by atoms with Gasteiger partial charge in [0.25, 0.3) is 0 Å². The van der Waals surface area contributed by atoms with Crippen LogP contribution in [0.5, 0.6) is 0 Å². The second-order valence-electron chi connectivity index (χ2n) is 3.57. The number of nitrogens with zero attached hydrogens (tertiary/aromatic N) is 1. The lowest BCUT2D eigenvalue weighted by molar-refractivity contribution is -0.117. The Balaban J connectivity index is 2.22. The van der Waals surface area contributed by atoms with Crippen molar-refractivity contribution in [3.63, 3.8) is 0 Å². The number of nitrogens with one attached hydrogen (secondary N) is 1. The molecular weight excluding hydrogens is 256 g/mol. The molecule has 1 saturated carbocycles. The molecule has 4 heteroatoms. The highest BCUT2D eigenvalue weighted by molar-refractivity contribution is 9.10. The van der Waals surface area contributed by atoms with Crippen LogP contribution in [0, 0.1) is 17.2 Å². The molecule has 0 heterocycles. The number of nitriles is 1. The molecule has 0 unspecified atom stereocenters. The first kappa shape index (κ1) is 10.2. The summed E-state index contributed by atoms with van der Waals surface area (Å²) in [6.07, 6.45) is 1.92. The third-order valence-corrected chi connectivity index (χ3v) is 2.80. The highest BCUT2D eigenvalue weighted by atomic mass is 79.9. The number of hydrogen-bond donors (Lipinski definition) is 1. The summed E-state index contributed by atoms with van der Waals surface area (Å²) in [6.45, 7) is 0. The molecule has 1 aliphatic carbocycles. The van der Waals surface area contributed by atoms with Crippen molar-refractivity contribution in [2.75, 3.05) is 5.32 Å². The predicted molar refractivity (Wildman–Crippen MR) is 60.2 cm³/mol. The van der Waals surface area contributed by atoms with Gasteiger partial charge in [-0.1, -0.05) is 15.9 Å². The summed E-state index contributed by atoms with van der Waals surface area (Å²) in [4.78, 5) is 11.5. The minimum absolute atomic E-state index is 0.0181. The van der Waals surface area contributed by atoms with E-state index in [0.29, 0.717) is 11.3 Å². The Hall–Kier alpha value is -1.34. The Morgan fingerprint density at radius 1 is 1.53 bits per heavy atom. The number of halogens is 1. The average molecular weight is 265 g/mol. The minimum atomic E-state index is 0.0181. The molecule has 1 fully saturated rings. The minimum Gasteiger partial charge on any atom is -0.325 e. The van der Waals surface area contributed by atoms with Crippen LogP contribution >= 0.6 is 15.9 Å². The molecule has 0 saturated heterocycles. The van der Waals surface area contributed by atoms with Crippen molar-refractivity contribution in [3.8, 4) is 6.07 Å². The van der Waals surface area contributed by atoms with E-state index in [1.807, 2.05) is 0 Å². The highest BCUT2D eigenvalue weighted by Crippen LogP contribution is 2.31. The number of amides is 1. The fraction of sp³-hybridized carbons (Fsp3) is 0.273. The average Bonchev–Trinajstić information content (AvgIpc) is 3.01. The van der Waals surface area contributed by atoms with E-state index in [0.717, 1.165) is 17.3 Å². The van der Waals surface area contributed by atoms with E-state index in [1.165, 1.54) is 0 Å². The number of hydrogen-bond acceptors (Lipinski definition) is 2. The van der Waals surface area contributed by atoms with Gasteiger partial charge in [-0.15, -0.1) is 0 Å². The SMILES string of the molecule is N#Cc1ccc(Br)cc1NC(=O)C1CC1. The topological polar surface area (TPSA) is 52.9 Å². The van der Waals surface area contributed by atoms with E-state index in [9.17, 15) is 4.79 Å². The van der Waals surface area contributed by atoms with Crippen molar-refractivity contribution in [2.24, 2.45) is 5.92 Å². The fourth-order valence-corrected chi connectivity index (χ4v) is 1.66. The Kier molecular flexibility index (Phi) is 2.74. The normalized spacial score (nSPS) is 14.4. The first-order valence-electron chi connectivity index (χ1n) is 4.71. The molecule has 0 atom stereocenters. The van der Waals surface area contributed by atoms with Crippen LogP contribution in [0.15, 0.2) is 22.7 Å². The van der Waals surface area contributed by atoms with Gasteiger partial charge in [-0.3, -0.25) is 4.79 Å². The van der Waals surface area contributed by atoms with Crippen LogP contribution in [0.1, 0.15) is 18.4 Å². The predicted octanol–water partition coefficient (Wildman–Crippen LogP) is 2.67. The number of anilines is 1. The van der Waals surface area contributed by atoms with Gasteiger partial charge in [0.1, 0.15) is 6.07 Å². The molecule has 0 aliphatic heterocycles. The molecule has 3 nitrogen and oxygen atoms in total. The lowest BCUT2D eigenvalue weighted by Gasteiger charge is -2.06. The quantitative estimate of drug-likeness (QED) is 0.893. The van der Waals surface area contributed by atoms with E-state index in [-0.39, 0.29) is 11.8 Å². The number of benzene rings is 1. The number of rotatable bonds is 2. The monoisotopic (exact) mass is 264 g/mol. The third kappa shape index (κ3) is 2.37. The van der Waals surface area contributed by atoms with Gasteiger partial charge in [0, 0.05) is 10.4 Å². The van der Waals surface area contributed by atoms with Crippen LogP contribution in [-0.4, -0.2) is 5.91 Å². The van der Waals surface area contributed by atoms with Crippen LogP contribution in [0.2, 0.25) is 0 Å². The highest BCUT2D eigenvalue weighted by Gasteiger charge is 2.29. The maximum atomic E-state index is 11.5. The van der Waals surface area contributed by atoms with Crippen LogP contribution in [-0.2, 0) is 4.79 Å². The maximum Gasteiger partial charge on any atom is 0.227 e. The molecule has 1 aromatic rings. The van der Waals surface area contributed by atoms with Gasteiger partial charge in [-0.05, 0) is 31.0 Å². The Morgan fingerprint density at radius 3 is 2.87 bits per heavy atom. The van der Waals surface area contributed by atoms with Gasteiger partial charge in [0.05, 0.1) is 11.3 Å². The van der Waals surface area contributed by atoms with Gasteiger partial charge < -0.3 is 5.32 Å². The van der Waals surface area contributed by atoms with Crippen molar-refractivity contribution < 1.29 is 4.79 Å². The second-order valence-corrected chi connectivity index (χ2v) is 4.48. The Labute approximate surface area is 96.2 Å². The lowest BCUT2D eigenvalue weighted by Crippen LogP contribution is -2.14. The van der Waals surface area contributed by atoms with Gasteiger partial charge in [-0.25, -0.2) is 0 Å². The number of carbonyl (C=O) groups is 1. The first-order chi connectivity index (χ1) is 7.20. The van der Waals surface area contributed by atoms with E-state index >= 15 is 0 Å². The lowest BCUT2D eigenvalue weighted by atomic mass is 10.2. The van der Waals surface area contributed by atoms with Gasteiger partial charge >= 0.3 is 0 Å². The summed E-state index contributed by atoms with van der Waals surface area (Å²) >= 11 is 3.31. The molecule has 76 valence electrons. The van der Waals surface area contributed by atoms with Crippen molar-refractivity contribution >= 4 is 27.5 Å². The summed E-state index contributed by atoms with van der Waals surface area (Å²) in [5.74, 6) is 0.167. The van der Waals surface area contributed by atoms with Gasteiger partial charge in [0.15, 0.2) is 0 Å². The van der Waals surface area contributed by atoms with Crippen molar-refractivity contribution in [1.82, 2.24) is 0 Å². The molecule has 0 bridgehead atoms. The van der Waals surface area contributed by atoms with Gasteiger partial charge in [-0.2, -0.15) is 5.26 Å². The van der Waals surface area contributed by atoms with Crippen LogP contribution in [0.3, 0.4) is 0 Å². The summed E-state index contributed by atoms with van der Waals surface area (Å²) in [6, 6.07) is 7.27. The zero-order chi connectivity index (χ0) is 10.8. The maximum absolute atomic E-state index is 11.5. The van der Waals surface area contributed by atoms with Crippen molar-refractivity contribution in [3.05, 3.63) is 28.2 Å². The molecule has 1 aromatic carbocycles. The van der Waals surface area contributed by atoms with Crippen LogP contribution < -0.4 is 5.32 Å². The van der Waals surface area contributed by atoms with E-state index in [2.05, 4.69) is 27.3 Å². The molecular formula is C11H9BrN2O. The summed E-state index contributed by atoms with van der Waals surface area (Å²) in [5, 5.41) is 11.6. The van der Waals surface area contributed by atoms with E-state index in [1.54, 1.807) is 18.2 Å². The standard InChI is InChI=1S/C11H9BrN2O/c12-9-4-3-8(6-13)10(5-9)14-11(15)7-1-2-7/h3-5,7H,1-2H2,(H,14,15).